The number of carboxylic acid groups (broad SMARTS) is 1. The van der Waals surface area contributed by atoms with Crippen molar-refractivity contribution in [2.24, 2.45) is 5.92 Å². The van der Waals surface area contributed by atoms with E-state index in [2.05, 4.69) is 0 Å². The molecule has 1 unspecified atom stereocenters. The number of furan rings is 1. The van der Waals surface area contributed by atoms with Gasteiger partial charge in [-0.1, -0.05) is 79.7 Å². The van der Waals surface area contributed by atoms with Crippen molar-refractivity contribution in [3.63, 3.8) is 0 Å². The molecule has 5 rings (SSSR count). The maximum Gasteiger partial charge on any atom is 0.307 e. The number of benzene rings is 4. The number of hydrogen-bond donors (Lipinski definition) is 1. The molecule has 36 heavy (non-hydrogen) atoms. The molecule has 6 heteroatoms. The number of carboxylic acids is 1. The molecule has 180 valence electrons. The van der Waals surface area contributed by atoms with Crippen molar-refractivity contribution in [1.29, 1.82) is 0 Å². The van der Waals surface area contributed by atoms with E-state index in [4.69, 9.17) is 9.52 Å². The summed E-state index contributed by atoms with van der Waals surface area (Å²) in [5, 5.41) is 11.1. The number of para-hydroxylation sites is 2. The van der Waals surface area contributed by atoms with Crippen LogP contribution in [0.1, 0.15) is 28.4 Å². The fourth-order valence-corrected chi connectivity index (χ4v) is 5.23. The van der Waals surface area contributed by atoms with E-state index in [0.29, 0.717) is 22.6 Å². The van der Waals surface area contributed by atoms with Gasteiger partial charge in [-0.3, -0.25) is 9.59 Å². The van der Waals surface area contributed by atoms with E-state index in [1.54, 1.807) is 31.2 Å². The summed E-state index contributed by atoms with van der Waals surface area (Å²) in [6.45, 7) is 1.62. The van der Waals surface area contributed by atoms with Crippen LogP contribution >= 0.6 is 11.8 Å². The third kappa shape index (κ3) is 4.64. The second-order valence-electron chi connectivity index (χ2n) is 8.75. The van der Waals surface area contributed by atoms with Crippen molar-refractivity contribution in [2.45, 2.75) is 12.7 Å². The topological polar surface area (TPSA) is 67.5 Å². The van der Waals surface area contributed by atoms with Crippen LogP contribution in [0.2, 0.25) is 0 Å². The second-order valence-corrected chi connectivity index (χ2v) is 9.78. The predicted octanol–water partition coefficient (Wildman–Crippen LogP) is 7.58. The van der Waals surface area contributed by atoms with Crippen molar-refractivity contribution >= 4 is 45.5 Å². The lowest BCUT2D eigenvalue weighted by Crippen LogP contribution is -2.12. The van der Waals surface area contributed by atoms with Gasteiger partial charge in [-0.25, -0.2) is 4.39 Å². The molecule has 0 saturated heterocycles. The van der Waals surface area contributed by atoms with Crippen molar-refractivity contribution in [3.05, 3.63) is 107 Å². The third-order valence-corrected chi connectivity index (χ3v) is 7.48. The first-order valence-electron chi connectivity index (χ1n) is 11.6. The van der Waals surface area contributed by atoms with Crippen LogP contribution in [0.4, 0.5) is 4.39 Å². The first kappa shape index (κ1) is 23.8. The van der Waals surface area contributed by atoms with E-state index in [9.17, 15) is 14.0 Å². The Balaban J connectivity index is 1.35. The number of rotatable bonds is 8. The summed E-state index contributed by atoms with van der Waals surface area (Å²) in [7, 11) is 0. The summed E-state index contributed by atoms with van der Waals surface area (Å²) in [6, 6.07) is 25.6. The average Bonchev–Trinajstić information content (AvgIpc) is 3.28. The molecule has 0 radical (unpaired) electrons. The molecule has 0 aliphatic carbocycles. The lowest BCUT2D eigenvalue weighted by molar-refractivity contribution is -0.140. The average molecular weight is 499 g/mol. The van der Waals surface area contributed by atoms with Crippen LogP contribution in [-0.4, -0.2) is 22.6 Å². The van der Waals surface area contributed by atoms with E-state index >= 15 is 0 Å². The molecule has 0 spiro atoms. The molecule has 4 aromatic carbocycles. The van der Waals surface area contributed by atoms with Crippen molar-refractivity contribution in [1.82, 2.24) is 0 Å². The zero-order valence-electron chi connectivity index (χ0n) is 19.5. The van der Waals surface area contributed by atoms with Crippen LogP contribution in [0.15, 0.2) is 89.3 Å². The molecule has 0 bridgehead atoms. The summed E-state index contributed by atoms with van der Waals surface area (Å²) in [5.74, 6) is -1.36. The number of hydrogen-bond acceptors (Lipinski definition) is 4. The first-order valence-corrected chi connectivity index (χ1v) is 12.7. The highest BCUT2D eigenvalue weighted by Gasteiger charge is 2.16. The summed E-state index contributed by atoms with van der Waals surface area (Å²) in [5.41, 5.74) is 4.67. The Kier molecular flexibility index (Phi) is 6.61. The Morgan fingerprint density at radius 3 is 2.39 bits per heavy atom. The lowest BCUT2D eigenvalue weighted by atomic mass is 9.97. The highest BCUT2D eigenvalue weighted by atomic mass is 32.2. The van der Waals surface area contributed by atoms with E-state index < -0.39 is 17.7 Å². The molecule has 1 atom stereocenters. The lowest BCUT2D eigenvalue weighted by Gasteiger charge is -2.09. The molecule has 0 saturated carbocycles. The number of aliphatic carboxylic acids is 1. The highest BCUT2D eigenvalue weighted by molar-refractivity contribution is 7.98. The number of halogens is 1. The zero-order chi connectivity index (χ0) is 25.2. The number of thioether (sulfide) groups is 1. The summed E-state index contributed by atoms with van der Waals surface area (Å²) in [6.07, 6.45) is 0. The van der Waals surface area contributed by atoms with E-state index in [1.807, 2.05) is 54.6 Å². The first-order chi connectivity index (χ1) is 17.4. The van der Waals surface area contributed by atoms with Crippen LogP contribution in [0, 0.1) is 11.7 Å². The molecule has 0 aliphatic heterocycles. The molecule has 1 heterocycles. The monoisotopic (exact) mass is 498 g/mol. The summed E-state index contributed by atoms with van der Waals surface area (Å²) < 4.78 is 20.8. The maximum absolute atomic E-state index is 14.6. The van der Waals surface area contributed by atoms with Gasteiger partial charge >= 0.3 is 5.97 Å². The molecular weight excluding hydrogens is 475 g/mol. The minimum absolute atomic E-state index is 0.263. The van der Waals surface area contributed by atoms with Gasteiger partial charge in [0.15, 0.2) is 5.78 Å². The Morgan fingerprint density at radius 1 is 0.917 bits per heavy atom. The molecule has 5 aromatic rings. The summed E-state index contributed by atoms with van der Waals surface area (Å²) >= 11 is 1.36. The largest absolute Gasteiger partial charge is 0.481 e. The van der Waals surface area contributed by atoms with Gasteiger partial charge in [0.2, 0.25) is 0 Å². The van der Waals surface area contributed by atoms with Gasteiger partial charge in [-0.15, -0.1) is 0 Å². The minimum atomic E-state index is -0.871. The Bertz CT molecular complexity index is 1590. The smallest absolute Gasteiger partial charge is 0.307 e. The quantitative estimate of drug-likeness (QED) is 0.223. The van der Waals surface area contributed by atoms with Gasteiger partial charge in [0, 0.05) is 39.0 Å². The molecule has 4 nitrogen and oxygen atoms in total. The standard InChI is InChI=1S/C30H23FO4S/c1-18(30(33)34)16-36-17-22-14-13-21(15-26(22)31)28(32)20-11-9-19(10-12-20)23-6-4-7-25-24-5-2-3-8-27(24)35-29(23)25/h2-15,18H,16-17H2,1H3,(H,33,34). The van der Waals surface area contributed by atoms with Crippen molar-refractivity contribution in [3.8, 4) is 11.1 Å². The van der Waals surface area contributed by atoms with Crippen LogP contribution < -0.4 is 0 Å². The normalized spacial score (nSPS) is 12.2. The summed E-state index contributed by atoms with van der Waals surface area (Å²) in [4.78, 5) is 23.9. The molecule has 0 fully saturated rings. The Labute approximate surface area is 211 Å². The predicted molar refractivity (Wildman–Crippen MR) is 142 cm³/mol. The van der Waals surface area contributed by atoms with Crippen LogP contribution in [0.5, 0.6) is 0 Å². The molecule has 1 aromatic heterocycles. The highest BCUT2D eigenvalue weighted by Crippen LogP contribution is 2.35. The van der Waals surface area contributed by atoms with Gasteiger partial charge in [-0.2, -0.15) is 11.8 Å². The van der Waals surface area contributed by atoms with Crippen LogP contribution in [0.3, 0.4) is 0 Å². The molecular formula is C30H23FO4S. The van der Waals surface area contributed by atoms with Crippen molar-refractivity contribution < 1.29 is 23.5 Å². The molecule has 0 amide bonds. The van der Waals surface area contributed by atoms with E-state index in [0.717, 1.165) is 33.1 Å². The second kappa shape index (κ2) is 9.99. The number of carbonyl (C=O) groups is 2. The van der Waals surface area contributed by atoms with Crippen LogP contribution in [0.25, 0.3) is 33.1 Å². The SMILES string of the molecule is CC(CSCc1ccc(C(=O)c2ccc(-c3cccc4c3oc3ccccc34)cc2)cc1F)C(=O)O. The Morgan fingerprint density at radius 2 is 1.64 bits per heavy atom. The fourth-order valence-electron chi connectivity index (χ4n) is 4.16. The molecule has 0 aliphatic rings. The third-order valence-electron chi connectivity index (χ3n) is 6.22. The van der Waals surface area contributed by atoms with Gasteiger partial charge < -0.3 is 9.52 Å². The van der Waals surface area contributed by atoms with Gasteiger partial charge in [0.05, 0.1) is 5.92 Å². The number of carbonyl (C=O) groups excluding carboxylic acids is 1. The van der Waals surface area contributed by atoms with Gasteiger partial charge in [0.25, 0.3) is 0 Å². The number of fused-ring (bicyclic) bond motifs is 3. The van der Waals surface area contributed by atoms with Crippen molar-refractivity contribution in [2.75, 3.05) is 5.75 Å². The maximum atomic E-state index is 14.6. The van der Waals surface area contributed by atoms with Crippen LogP contribution in [-0.2, 0) is 10.5 Å². The zero-order valence-corrected chi connectivity index (χ0v) is 20.3. The molecule has 1 N–H and O–H groups in total. The van der Waals surface area contributed by atoms with E-state index in [-0.39, 0.29) is 11.3 Å². The van der Waals surface area contributed by atoms with Gasteiger partial charge in [0.1, 0.15) is 17.0 Å². The fraction of sp³-hybridized carbons (Fsp3) is 0.133. The van der Waals surface area contributed by atoms with E-state index in [1.165, 1.54) is 17.8 Å². The minimum Gasteiger partial charge on any atom is -0.481 e. The van der Waals surface area contributed by atoms with Gasteiger partial charge in [-0.05, 0) is 23.3 Å². The Hall–Kier alpha value is -3.90. The number of ketones is 1.